The highest BCUT2D eigenvalue weighted by atomic mass is 32.2. The molecule has 3 rings (SSSR count). The summed E-state index contributed by atoms with van der Waals surface area (Å²) < 4.78 is 14.3. The van der Waals surface area contributed by atoms with Crippen LogP contribution < -0.4 is 10.0 Å². The lowest BCUT2D eigenvalue weighted by Crippen LogP contribution is -2.21. The van der Waals surface area contributed by atoms with Crippen LogP contribution in [-0.4, -0.2) is 36.3 Å². The predicted octanol–water partition coefficient (Wildman–Crippen LogP) is 4.87. The zero-order valence-electron chi connectivity index (χ0n) is 17.3. The molecule has 0 amide bonds. The molecule has 0 spiro atoms. The van der Waals surface area contributed by atoms with Crippen LogP contribution in [0.5, 0.6) is 0 Å². The van der Waals surface area contributed by atoms with Gasteiger partial charge in [-0.1, -0.05) is 43.3 Å². The van der Waals surface area contributed by atoms with Crippen LogP contribution >= 0.6 is 11.9 Å². The van der Waals surface area contributed by atoms with Crippen molar-refractivity contribution in [3.05, 3.63) is 79.0 Å². The summed E-state index contributed by atoms with van der Waals surface area (Å²) in [5.74, 6) is 2.09. The number of methoxy groups -OCH3 is 1. The number of allylic oxidation sites excluding steroid dienone is 3. The van der Waals surface area contributed by atoms with Gasteiger partial charge in [0.2, 0.25) is 0 Å². The molecule has 1 aromatic carbocycles. The van der Waals surface area contributed by atoms with Crippen molar-refractivity contribution in [3.8, 4) is 0 Å². The second-order valence-electron chi connectivity index (χ2n) is 6.83. The van der Waals surface area contributed by atoms with E-state index in [2.05, 4.69) is 45.3 Å². The van der Waals surface area contributed by atoms with Gasteiger partial charge in [0.15, 0.2) is 0 Å². The topological polar surface area (TPSA) is 68.3 Å². The summed E-state index contributed by atoms with van der Waals surface area (Å²) in [6, 6.07) is 10.2. The van der Waals surface area contributed by atoms with E-state index >= 15 is 0 Å². The third kappa shape index (κ3) is 6.45. The molecule has 0 radical (unpaired) electrons. The molecule has 1 saturated heterocycles. The minimum atomic E-state index is 0.353. The lowest BCUT2D eigenvalue weighted by Gasteiger charge is -2.12. The number of benzene rings is 1. The van der Waals surface area contributed by atoms with E-state index in [1.54, 1.807) is 25.1 Å². The number of anilines is 2. The maximum absolute atomic E-state index is 5.63. The predicted molar refractivity (Wildman–Crippen MR) is 124 cm³/mol. The first kappa shape index (κ1) is 22.1. The van der Waals surface area contributed by atoms with Crippen molar-refractivity contribution in [2.24, 2.45) is 0 Å². The molecule has 0 bridgehead atoms. The molecule has 2 aromatic rings. The molecule has 30 heavy (non-hydrogen) atoms. The lowest BCUT2D eigenvalue weighted by molar-refractivity contribution is 0.115. The van der Waals surface area contributed by atoms with Crippen molar-refractivity contribution < 1.29 is 9.47 Å². The van der Waals surface area contributed by atoms with Gasteiger partial charge in [0.25, 0.3) is 0 Å². The first-order valence-corrected chi connectivity index (χ1v) is 10.9. The van der Waals surface area contributed by atoms with Gasteiger partial charge >= 0.3 is 0 Å². The van der Waals surface area contributed by atoms with E-state index in [0.29, 0.717) is 23.4 Å². The van der Waals surface area contributed by atoms with E-state index in [4.69, 9.17) is 9.47 Å². The lowest BCUT2D eigenvalue weighted by atomic mass is 10.1. The van der Waals surface area contributed by atoms with Gasteiger partial charge < -0.3 is 14.8 Å². The van der Waals surface area contributed by atoms with Crippen molar-refractivity contribution in [1.29, 1.82) is 0 Å². The van der Waals surface area contributed by atoms with Crippen molar-refractivity contribution in [3.63, 3.8) is 0 Å². The van der Waals surface area contributed by atoms with Crippen molar-refractivity contribution in [2.45, 2.75) is 24.7 Å². The highest BCUT2D eigenvalue weighted by molar-refractivity contribution is 7.96. The first-order chi connectivity index (χ1) is 14.7. The van der Waals surface area contributed by atoms with Crippen LogP contribution in [0, 0.1) is 0 Å². The van der Waals surface area contributed by atoms with Crippen LogP contribution in [0.2, 0.25) is 0 Å². The Balaban J connectivity index is 1.60. The summed E-state index contributed by atoms with van der Waals surface area (Å²) in [6.45, 7) is 9.45. The Morgan fingerprint density at radius 2 is 2.27 bits per heavy atom. The number of rotatable bonds is 11. The second-order valence-corrected chi connectivity index (χ2v) is 7.70. The Morgan fingerprint density at radius 1 is 1.37 bits per heavy atom. The third-order valence-corrected chi connectivity index (χ3v) is 5.50. The van der Waals surface area contributed by atoms with Crippen LogP contribution in [-0.2, 0) is 15.2 Å². The first-order valence-electron chi connectivity index (χ1n) is 9.90. The fourth-order valence-electron chi connectivity index (χ4n) is 3.10. The third-order valence-electron chi connectivity index (χ3n) is 4.65. The Bertz CT molecular complexity index is 894. The molecule has 1 fully saturated rings. The van der Waals surface area contributed by atoms with Gasteiger partial charge in [-0.3, -0.25) is 4.72 Å². The fraction of sp³-hybridized carbons (Fsp3) is 0.304. The number of aromatic nitrogens is 2. The van der Waals surface area contributed by atoms with Gasteiger partial charge in [-0.15, -0.1) is 0 Å². The van der Waals surface area contributed by atoms with Crippen LogP contribution in [0.15, 0.2) is 67.7 Å². The largest absolute Gasteiger partial charge is 0.497 e. The molecule has 2 N–H and O–H groups in total. The maximum Gasteiger partial charge on any atom is 0.134 e. The van der Waals surface area contributed by atoms with Crippen molar-refractivity contribution in [2.75, 3.05) is 25.6 Å². The number of ether oxygens (including phenoxy) is 2. The zero-order valence-corrected chi connectivity index (χ0v) is 18.1. The average molecular weight is 425 g/mol. The molecule has 1 atom stereocenters. The molecule has 1 aliphatic rings. The Kier molecular flexibility index (Phi) is 8.50. The summed E-state index contributed by atoms with van der Waals surface area (Å²) in [6.07, 6.45) is 7.69. The van der Waals surface area contributed by atoms with E-state index in [-0.39, 0.29) is 0 Å². The summed E-state index contributed by atoms with van der Waals surface area (Å²) in [5, 5.41) is 3.35. The molecule has 0 aliphatic carbocycles. The van der Waals surface area contributed by atoms with Gasteiger partial charge in [-0.05, 0) is 36.6 Å². The molecular formula is C23H28N4O2S. The quantitative estimate of drug-likeness (QED) is 0.231. The zero-order chi connectivity index (χ0) is 21.2. The molecular weight excluding hydrogens is 396 g/mol. The molecule has 158 valence electrons. The number of hydrogen-bond donors (Lipinski definition) is 2. The molecule has 6 nitrogen and oxygen atoms in total. The Hall–Kier alpha value is -2.61. The fourth-order valence-corrected chi connectivity index (χ4v) is 3.85. The average Bonchev–Trinajstić information content (AvgIpc) is 3.29. The van der Waals surface area contributed by atoms with E-state index in [0.717, 1.165) is 36.6 Å². The molecule has 1 unspecified atom stereocenters. The van der Waals surface area contributed by atoms with E-state index in [1.165, 1.54) is 18.3 Å². The van der Waals surface area contributed by atoms with Crippen LogP contribution in [0.25, 0.3) is 5.57 Å². The van der Waals surface area contributed by atoms with E-state index in [9.17, 15) is 0 Å². The maximum atomic E-state index is 5.63. The normalized spacial score (nSPS) is 16.3. The van der Waals surface area contributed by atoms with Gasteiger partial charge in [0.05, 0.1) is 18.9 Å². The molecule has 7 heteroatoms. The number of nitrogens with one attached hydrogen (secondary N) is 2. The monoisotopic (exact) mass is 424 g/mol. The molecule has 1 aliphatic heterocycles. The number of hydrogen-bond acceptors (Lipinski definition) is 7. The van der Waals surface area contributed by atoms with E-state index in [1.807, 2.05) is 24.3 Å². The summed E-state index contributed by atoms with van der Waals surface area (Å²) in [5.41, 5.74) is 3.67. The SMILES string of the molecule is C=C/C=C(\C(=C)OC)c1cc(Nc2cccc(CSNCC3CCCO3)c2)ncn1. The smallest absolute Gasteiger partial charge is 0.134 e. The minimum absolute atomic E-state index is 0.353. The van der Waals surface area contributed by atoms with Gasteiger partial charge in [0, 0.05) is 36.2 Å². The van der Waals surface area contributed by atoms with Gasteiger partial charge in [-0.2, -0.15) is 0 Å². The molecule has 2 heterocycles. The highest BCUT2D eigenvalue weighted by Crippen LogP contribution is 2.24. The van der Waals surface area contributed by atoms with E-state index < -0.39 is 0 Å². The Labute approximate surface area is 182 Å². The second kappa shape index (κ2) is 11.5. The molecule has 1 aromatic heterocycles. The van der Waals surface area contributed by atoms with Crippen molar-refractivity contribution >= 4 is 29.0 Å². The minimum Gasteiger partial charge on any atom is -0.497 e. The highest BCUT2D eigenvalue weighted by Gasteiger charge is 2.14. The van der Waals surface area contributed by atoms with Crippen LogP contribution in [0.3, 0.4) is 0 Å². The Morgan fingerprint density at radius 3 is 3.03 bits per heavy atom. The van der Waals surface area contributed by atoms with Crippen LogP contribution in [0.4, 0.5) is 11.5 Å². The molecule has 0 saturated carbocycles. The van der Waals surface area contributed by atoms with Gasteiger partial charge in [0.1, 0.15) is 17.9 Å². The summed E-state index contributed by atoms with van der Waals surface area (Å²) in [4.78, 5) is 8.67. The standard InChI is InChI=1S/C23H28N4O2S/c1-4-7-21(17(2)28-3)22-13-23(25-16-24-22)27-19-9-5-8-18(12-19)15-30-26-14-20-10-6-11-29-20/h4-5,7-9,12-13,16,20,26H,1-2,6,10-11,14-15H2,3H3,(H,24,25,27)/b21-7+. The summed E-state index contributed by atoms with van der Waals surface area (Å²) >= 11 is 1.70. The summed E-state index contributed by atoms with van der Waals surface area (Å²) in [7, 11) is 1.58. The van der Waals surface area contributed by atoms with Gasteiger partial charge in [-0.25, -0.2) is 9.97 Å². The number of nitrogens with zero attached hydrogens (tertiary/aromatic N) is 2. The van der Waals surface area contributed by atoms with Crippen molar-refractivity contribution in [1.82, 2.24) is 14.7 Å². The van der Waals surface area contributed by atoms with Crippen LogP contribution in [0.1, 0.15) is 24.1 Å².